The molecular weight excluding hydrogens is 322 g/mol. The molecule has 26 heavy (non-hydrogen) atoms. The zero-order valence-electron chi connectivity index (χ0n) is 17.0. The van der Waals surface area contributed by atoms with Crippen molar-refractivity contribution in [2.24, 2.45) is 0 Å². The summed E-state index contributed by atoms with van der Waals surface area (Å²) in [6.45, 7) is 10.6. The van der Waals surface area contributed by atoms with Gasteiger partial charge in [0.05, 0.1) is 8.04 Å². The second kappa shape index (κ2) is 6.35. The molecule has 0 aliphatic carbocycles. The number of likely N-dealkylation sites (N-methyl/N-ethyl adjacent to an activating group) is 1. The Balaban J connectivity index is 1.96. The van der Waals surface area contributed by atoms with E-state index in [-0.39, 0.29) is 5.91 Å². The number of anilines is 2. The Morgan fingerprint density at radius 2 is 1.77 bits per heavy atom. The van der Waals surface area contributed by atoms with Crippen LogP contribution in [-0.2, 0) is 11.3 Å². The van der Waals surface area contributed by atoms with E-state index >= 15 is 0 Å². The minimum Gasteiger partial charge on any atom is -0.349 e. The first kappa shape index (κ1) is 15.7. The highest BCUT2D eigenvalue weighted by Crippen LogP contribution is 2.45. The standard InChI is InChI=1S/C22H27N3O/c1-5-23(6-2)22(26)21-18-12-16(4)8-10-20(18)24-13-17-11-15(3)7-9-19(17)25(21)14-24/h7-12,21H,5-6,13-14H2,1-4H3/t21-/m0/s1/i21D. The van der Waals surface area contributed by atoms with Crippen molar-refractivity contribution in [1.29, 1.82) is 0 Å². The molecule has 2 aliphatic heterocycles. The van der Waals surface area contributed by atoms with E-state index in [1.165, 1.54) is 11.1 Å². The fourth-order valence-corrected chi connectivity index (χ4v) is 4.11. The van der Waals surface area contributed by atoms with Gasteiger partial charge in [0.25, 0.3) is 0 Å². The summed E-state index contributed by atoms with van der Waals surface area (Å²) >= 11 is 0. The zero-order valence-corrected chi connectivity index (χ0v) is 16.0. The molecule has 2 aromatic carbocycles. The minimum absolute atomic E-state index is 0.146. The summed E-state index contributed by atoms with van der Waals surface area (Å²) < 4.78 is 9.52. The first-order valence-corrected chi connectivity index (χ1v) is 9.42. The Bertz CT molecular complexity index is 908. The number of hydrogen-bond acceptors (Lipinski definition) is 3. The molecule has 0 N–H and O–H groups in total. The van der Waals surface area contributed by atoms with Crippen molar-refractivity contribution in [3.05, 3.63) is 58.7 Å². The molecule has 0 spiro atoms. The molecule has 0 radical (unpaired) electrons. The van der Waals surface area contributed by atoms with Crippen molar-refractivity contribution in [2.45, 2.75) is 40.3 Å². The fourth-order valence-electron chi connectivity index (χ4n) is 4.11. The van der Waals surface area contributed by atoms with Crippen LogP contribution in [0.1, 0.15) is 43.5 Å². The number of nitrogens with zero attached hydrogens (tertiary/aromatic N) is 3. The van der Waals surface area contributed by atoms with Crippen LogP contribution in [0.25, 0.3) is 0 Å². The van der Waals surface area contributed by atoms with Crippen LogP contribution >= 0.6 is 0 Å². The molecule has 0 saturated carbocycles. The van der Waals surface area contributed by atoms with Crippen LogP contribution in [0.4, 0.5) is 11.4 Å². The fraction of sp³-hybridized carbons (Fsp3) is 0.409. The van der Waals surface area contributed by atoms with Crippen molar-refractivity contribution >= 4 is 17.3 Å². The van der Waals surface area contributed by atoms with Crippen molar-refractivity contribution in [3.8, 4) is 0 Å². The number of aryl methyl sites for hydroxylation is 2. The zero-order chi connectivity index (χ0) is 19.3. The normalized spacial score (nSPS) is 21.0. The SMILES string of the molecule is [2H][C@@]1(C(=O)N(CC)CC)c2cc(C)ccc2N2Cc3cc(C)ccc3N1C2. The van der Waals surface area contributed by atoms with Crippen LogP contribution < -0.4 is 9.80 Å². The van der Waals surface area contributed by atoms with Crippen molar-refractivity contribution in [2.75, 3.05) is 29.6 Å². The van der Waals surface area contributed by atoms with Crippen LogP contribution in [0.5, 0.6) is 0 Å². The summed E-state index contributed by atoms with van der Waals surface area (Å²) in [6.07, 6.45) is 0. The number of rotatable bonds is 3. The monoisotopic (exact) mass is 350 g/mol. The summed E-state index contributed by atoms with van der Waals surface area (Å²) in [5.41, 5.74) is 6.24. The van der Waals surface area contributed by atoms with E-state index in [0.717, 1.165) is 29.0 Å². The predicted molar refractivity (Wildman–Crippen MR) is 107 cm³/mol. The van der Waals surface area contributed by atoms with Crippen LogP contribution in [0.15, 0.2) is 36.4 Å². The Morgan fingerprint density at radius 1 is 1.12 bits per heavy atom. The molecule has 4 heteroatoms. The van der Waals surface area contributed by atoms with Crippen LogP contribution in [0.2, 0.25) is 0 Å². The summed E-state index contributed by atoms with van der Waals surface area (Å²) in [5, 5.41) is 0. The molecule has 1 amide bonds. The third kappa shape index (κ3) is 2.56. The Labute approximate surface area is 157 Å². The lowest BCUT2D eigenvalue weighted by atomic mass is 9.92. The van der Waals surface area contributed by atoms with Gasteiger partial charge in [0.1, 0.15) is 6.02 Å². The molecule has 2 aliphatic rings. The number of carbonyl (C=O) groups excluding carboxylic acids is 1. The van der Waals surface area contributed by atoms with Gasteiger partial charge in [-0.15, -0.1) is 0 Å². The molecule has 4 rings (SSSR count). The molecule has 4 nitrogen and oxygen atoms in total. The lowest BCUT2D eigenvalue weighted by Crippen LogP contribution is -2.53. The molecule has 0 saturated heterocycles. The van der Waals surface area contributed by atoms with Gasteiger partial charge in [-0.3, -0.25) is 4.79 Å². The highest BCUT2D eigenvalue weighted by Gasteiger charge is 2.41. The van der Waals surface area contributed by atoms with Gasteiger partial charge >= 0.3 is 0 Å². The number of amides is 1. The van der Waals surface area contributed by atoms with Gasteiger partial charge in [-0.05, 0) is 45.4 Å². The van der Waals surface area contributed by atoms with E-state index in [0.29, 0.717) is 19.8 Å². The van der Waals surface area contributed by atoms with Gasteiger partial charge in [-0.2, -0.15) is 0 Å². The highest BCUT2D eigenvalue weighted by molar-refractivity contribution is 5.91. The Morgan fingerprint density at radius 3 is 2.46 bits per heavy atom. The van der Waals surface area contributed by atoms with Crippen LogP contribution in [0.3, 0.4) is 0 Å². The molecule has 136 valence electrons. The number of fused-ring (bicyclic) bond motifs is 6. The Kier molecular flexibility index (Phi) is 3.84. The third-order valence-corrected chi connectivity index (χ3v) is 5.47. The molecule has 0 aromatic heterocycles. The maximum atomic E-state index is 13.6. The summed E-state index contributed by atoms with van der Waals surface area (Å²) in [5.74, 6) is -0.146. The summed E-state index contributed by atoms with van der Waals surface area (Å²) in [4.78, 5) is 19.6. The van der Waals surface area contributed by atoms with Gasteiger partial charge in [0, 0.05) is 36.6 Å². The van der Waals surface area contributed by atoms with Gasteiger partial charge < -0.3 is 14.7 Å². The van der Waals surface area contributed by atoms with Crippen molar-refractivity contribution in [1.82, 2.24) is 4.90 Å². The number of carbonyl (C=O) groups is 1. The predicted octanol–water partition coefficient (Wildman–Crippen LogP) is 4.01. The summed E-state index contributed by atoms with van der Waals surface area (Å²) in [6, 6.07) is 11.0. The minimum atomic E-state index is -1.45. The van der Waals surface area contributed by atoms with Gasteiger partial charge in [-0.1, -0.05) is 35.4 Å². The van der Waals surface area contributed by atoms with Gasteiger partial charge in [-0.25, -0.2) is 0 Å². The van der Waals surface area contributed by atoms with E-state index in [1.54, 1.807) is 4.90 Å². The maximum absolute atomic E-state index is 13.6. The largest absolute Gasteiger partial charge is 0.349 e. The first-order chi connectivity index (χ1) is 12.9. The van der Waals surface area contributed by atoms with Gasteiger partial charge in [0.15, 0.2) is 0 Å². The highest BCUT2D eigenvalue weighted by atomic mass is 16.2. The smallest absolute Gasteiger partial charge is 0.250 e. The van der Waals surface area contributed by atoms with E-state index in [2.05, 4.69) is 42.2 Å². The third-order valence-electron chi connectivity index (χ3n) is 5.47. The van der Waals surface area contributed by atoms with E-state index in [4.69, 9.17) is 0 Å². The number of benzene rings is 2. The van der Waals surface area contributed by atoms with Crippen molar-refractivity contribution < 1.29 is 6.17 Å². The summed E-state index contributed by atoms with van der Waals surface area (Å²) in [7, 11) is 0. The Hall–Kier alpha value is -2.49. The van der Waals surface area contributed by atoms with Crippen LogP contribution in [0, 0.1) is 13.8 Å². The molecule has 2 bridgehead atoms. The van der Waals surface area contributed by atoms with E-state index in [1.807, 2.05) is 31.7 Å². The maximum Gasteiger partial charge on any atom is 0.250 e. The first-order valence-electron chi connectivity index (χ1n) is 9.92. The average Bonchev–Trinajstić information content (AvgIpc) is 2.66. The van der Waals surface area contributed by atoms with Gasteiger partial charge in [0.2, 0.25) is 5.91 Å². The average molecular weight is 350 g/mol. The molecule has 1 atom stereocenters. The van der Waals surface area contributed by atoms with E-state index in [9.17, 15) is 6.17 Å². The molecule has 0 fully saturated rings. The van der Waals surface area contributed by atoms with Crippen LogP contribution in [-0.4, -0.2) is 30.6 Å². The topological polar surface area (TPSA) is 26.8 Å². The molecule has 2 aromatic rings. The molecular formula is C22H27N3O. The van der Waals surface area contributed by atoms with E-state index < -0.39 is 6.02 Å². The molecule has 0 unspecified atom stereocenters. The van der Waals surface area contributed by atoms with Crippen molar-refractivity contribution in [3.63, 3.8) is 0 Å². The quantitative estimate of drug-likeness (QED) is 0.837. The lowest BCUT2D eigenvalue weighted by Gasteiger charge is -2.49. The lowest BCUT2D eigenvalue weighted by molar-refractivity contribution is -0.132. The number of hydrogen-bond donors (Lipinski definition) is 0. The second-order valence-corrected chi connectivity index (χ2v) is 7.25. The molecule has 2 heterocycles. The second-order valence-electron chi connectivity index (χ2n) is 7.25.